The van der Waals surface area contributed by atoms with Crippen molar-refractivity contribution in [3.8, 4) is 5.75 Å². The summed E-state index contributed by atoms with van der Waals surface area (Å²) in [6, 6.07) is 13.6. The number of carboxylic acids is 1. The number of ether oxygens (including phenoxy) is 1. The number of methoxy groups -OCH3 is 1. The highest BCUT2D eigenvalue weighted by atomic mass is 19.1. The fourth-order valence-electron chi connectivity index (χ4n) is 5.26. The van der Waals surface area contributed by atoms with Crippen LogP contribution in [0.1, 0.15) is 38.2 Å². The van der Waals surface area contributed by atoms with E-state index in [-0.39, 0.29) is 18.3 Å². The van der Waals surface area contributed by atoms with Gasteiger partial charge in [0.2, 0.25) is 0 Å². The van der Waals surface area contributed by atoms with Gasteiger partial charge in [0.05, 0.1) is 19.2 Å². The smallest absolute Gasteiger partial charge is 0.305 e. The van der Waals surface area contributed by atoms with E-state index in [0.717, 1.165) is 51.0 Å². The molecule has 2 aliphatic heterocycles. The van der Waals surface area contributed by atoms with Crippen molar-refractivity contribution >= 4 is 17.3 Å². The Morgan fingerprint density at radius 3 is 2.53 bits per heavy atom. The van der Waals surface area contributed by atoms with Crippen LogP contribution in [0.3, 0.4) is 0 Å². The number of benzene rings is 2. The third-order valence-corrected chi connectivity index (χ3v) is 6.93. The number of carbonyl (C=O) groups is 1. The average molecular weight is 441 g/mol. The second kappa shape index (κ2) is 9.80. The lowest BCUT2D eigenvalue weighted by atomic mass is 9.90. The summed E-state index contributed by atoms with van der Waals surface area (Å²) in [6.07, 6.45) is 4.20. The van der Waals surface area contributed by atoms with Crippen molar-refractivity contribution in [3.05, 3.63) is 53.8 Å². The van der Waals surface area contributed by atoms with Gasteiger partial charge < -0.3 is 19.6 Å². The predicted octanol–water partition coefficient (Wildman–Crippen LogP) is 4.98. The molecule has 2 atom stereocenters. The molecule has 2 aromatic rings. The summed E-state index contributed by atoms with van der Waals surface area (Å²) in [7, 11) is 1.60. The van der Waals surface area contributed by atoms with Crippen LogP contribution in [0.2, 0.25) is 0 Å². The SMILES string of the molecule is COc1ccc(F)c(N2CCC(Cc3ccc(N4C[C@H](C)C[C@@H]4CC(=O)O)cc3)CC2)c1. The monoisotopic (exact) mass is 440 g/mol. The number of anilines is 2. The summed E-state index contributed by atoms with van der Waals surface area (Å²) in [5.41, 5.74) is 3.05. The first-order chi connectivity index (χ1) is 15.4. The molecule has 0 radical (unpaired) electrons. The third-order valence-electron chi connectivity index (χ3n) is 6.93. The van der Waals surface area contributed by atoms with E-state index in [4.69, 9.17) is 4.74 Å². The van der Waals surface area contributed by atoms with Crippen molar-refractivity contribution in [2.45, 2.75) is 45.1 Å². The molecule has 172 valence electrons. The Labute approximate surface area is 189 Å². The van der Waals surface area contributed by atoms with Gasteiger partial charge in [-0.15, -0.1) is 0 Å². The Morgan fingerprint density at radius 1 is 1.16 bits per heavy atom. The van der Waals surface area contributed by atoms with Gasteiger partial charge in [-0.2, -0.15) is 0 Å². The molecule has 2 heterocycles. The maximum atomic E-state index is 14.3. The van der Waals surface area contributed by atoms with Gasteiger partial charge in [-0.05, 0) is 67.3 Å². The van der Waals surface area contributed by atoms with Crippen molar-refractivity contribution in [2.24, 2.45) is 11.8 Å². The molecule has 0 saturated carbocycles. The Bertz CT molecular complexity index is 925. The molecule has 2 aromatic carbocycles. The van der Waals surface area contributed by atoms with Crippen molar-refractivity contribution in [2.75, 3.05) is 36.5 Å². The normalized spacial score (nSPS) is 21.7. The summed E-state index contributed by atoms with van der Waals surface area (Å²) in [4.78, 5) is 15.6. The van der Waals surface area contributed by atoms with Gasteiger partial charge in [0.25, 0.3) is 0 Å². The van der Waals surface area contributed by atoms with E-state index in [1.807, 2.05) is 0 Å². The van der Waals surface area contributed by atoms with Gasteiger partial charge >= 0.3 is 5.97 Å². The molecule has 0 bridgehead atoms. The fourth-order valence-corrected chi connectivity index (χ4v) is 5.26. The lowest BCUT2D eigenvalue weighted by Crippen LogP contribution is -2.34. The maximum Gasteiger partial charge on any atom is 0.305 e. The Morgan fingerprint density at radius 2 is 1.88 bits per heavy atom. The topological polar surface area (TPSA) is 53.0 Å². The van der Waals surface area contributed by atoms with Crippen molar-refractivity contribution in [1.29, 1.82) is 0 Å². The van der Waals surface area contributed by atoms with Crippen LogP contribution in [0.5, 0.6) is 5.75 Å². The highest BCUT2D eigenvalue weighted by molar-refractivity contribution is 5.69. The molecular formula is C26H33FN2O3. The minimum atomic E-state index is -0.731. The minimum absolute atomic E-state index is 0.0784. The highest BCUT2D eigenvalue weighted by Gasteiger charge is 2.31. The number of hydrogen-bond acceptors (Lipinski definition) is 4. The van der Waals surface area contributed by atoms with Crippen LogP contribution in [-0.4, -0.2) is 43.9 Å². The van der Waals surface area contributed by atoms with E-state index in [0.29, 0.717) is 23.3 Å². The molecule has 2 fully saturated rings. The molecule has 0 unspecified atom stereocenters. The van der Waals surface area contributed by atoms with Crippen LogP contribution < -0.4 is 14.5 Å². The molecule has 5 nitrogen and oxygen atoms in total. The van der Waals surface area contributed by atoms with Crippen LogP contribution in [0.15, 0.2) is 42.5 Å². The number of rotatable bonds is 7. The van der Waals surface area contributed by atoms with E-state index in [1.54, 1.807) is 19.2 Å². The van der Waals surface area contributed by atoms with E-state index >= 15 is 0 Å². The standard InChI is InChI=1S/C26H33FN2O3/c1-18-13-22(15-26(30)31)29(17-18)21-5-3-19(4-6-21)14-20-9-11-28(12-10-20)25-16-23(32-2)7-8-24(25)27/h3-8,16,18,20,22H,9-15,17H2,1-2H3,(H,30,31)/t18-,22-/m1/s1. The second-order valence-corrected chi connectivity index (χ2v) is 9.36. The Balaban J connectivity index is 1.33. The quantitative estimate of drug-likeness (QED) is 0.658. The van der Waals surface area contributed by atoms with Crippen LogP contribution in [-0.2, 0) is 11.2 Å². The molecule has 32 heavy (non-hydrogen) atoms. The van der Waals surface area contributed by atoms with Crippen LogP contribution in [0, 0.1) is 17.7 Å². The summed E-state index contributed by atoms with van der Waals surface area (Å²) < 4.78 is 19.5. The number of hydrogen-bond donors (Lipinski definition) is 1. The van der Waals surface area contributed by atoms with Crippen molar-refractivity contribution in [3.63, 3.8) is 0 Å². The van der Waals surface area contributed by atoms with Crippen LogP contribution in [0.25, 0.3) is 0 Å². The molecule has 0 spiro atoms. The zero-order valence-corrected chi connectivity index (χ0v) is 19.0. The second-order valence-electron chi connectivity index (χ2n) is 9.36. The zero-order valence-electron chi connectivity index (χ0n) is 19.0. The van der Waals surface area contributed by atoms with Crippen LogP contribution in [0.4, 0.5) is 15.8 Å². The number of piperidine rings is 1. The van der Waals surface area contributed by atoms with Gasteiger partial charge in [-0.1, -0.05) is 19.1 Å². The molecule has 0 aromatic heterocycles. The molecule has 0 amide bonds. The van der Waals surface area contributed by atoms with Gasteiger partial charge in [0.1, 0.15) is 11.6 Å². The number of halogens is 1. The molecular weight excluding hydrogens is 407 g/mol. The molecule has 4 rings (SSSR count). The Kier molecular flexibility index (Phi) is 6.87. The molecule has 1 N–H and O–H groups in total. The molecule has 0 aliphatic carbocycles. The third kappa shape index (κ3) is 5.17. The number of carboxylic acid groups (broad SMARTS) is 1. The minimum Gasteiger partial charge on any atom is -0.497 e. The van der Waals surface area contributed by atoms with Crippen LogP contribution >= 0.6 is 0 Å². The van der Waals surface area contributed by atoms with E-state index < -0.39 is 5.97 Å². The molecule has 6 heteroatoms. The summed E-state index contributed by atoms with van der Waals surface area (Å²) >= 11 is 0. The Hall–Kier alpha value is -2.76. The zero-order chi connectivity index (χ0) is 22.7. The van der Waals surface area contributed by atoms with E-state index in [1.165, 1.54) is 11.6 Å². The van der Waals surface area contributed by atoms with Crippen molar-refractivity contribution < 1.29 is 19.0 Å². The van der Waals surface area contributed by atoms with E-state index in [9.17, 15) is 14.3 Å². The molecule has 2 aliphatic rings. The van der Waals surface area contributed by atoms with E-state index in [2.05, 4.69) is 41.0 Å². The number of nitrogens with zero attached hydrogens (tertiary/aromatic N) is 2. The number of aliphatic carboxylic acids is 1. The lowest BCUT2D eigenvalue weighted by Gasteiger charge is -2.34. The molecule has 2 saturated heterocycles. The fraction of sp³-hybridized carbons (Fsp3) is 0.500. The summed E-state index contributed by atoms with van der Waals surface area (Å²) in [6.45, 7) is 4.79. The van der Waals surface area contributed by atoms with Gasteiger partial charge in [0, 0.05) is 37.4 Å². The first-order valence-corrected chi connectivity index (χ1v) is 11.6. The maximum absolute atomic E-state index is 14.3. The van der Waals surface area contributed by atoms with Gasteiger partial charge in [-0.3, -0.25) is 4.79 Å². The average Bonchev–Trinajstić information content (AvgIpc) is 3.14. The first kappa shape index (κ1) is 22.4. The van der Waals surface area contributed by atoms with Gasteiger partial charge in [0.15, 0.2) is 0 Å². The first-order valence-electron chi connectivity index (χ1n) is 11.6. The largest absolute Gasteiger partial charge is 0.497 e. The predicted molar refractivity (Wildman–Crippen MR) is 125 cm³/mol. The summed E-state index contributed by atoms with van der Waals surface area (Å²) in [5, 5.41) is 9.23. The highest BCUT2D eigenvalue weighted by Crippen LogP contribution is 2.33. The summed E-state index contributed by atoms with van der Waals surface area (Å²) in [5.74, 6) is 0.848. The van der Waals surface area contributed by atoms with Crippen molar-refractivity contribution in [1.82, 2.24) is 0 Å². The van der Waals surface area contributed by atoms with Gasteiger partial charge in [-0.25, -0.2) is 4.39 Å². The lowest BCUT2D eigenvalue weighted by molar-refractivity contribution is -0.137.